The normalized spacial score (nSPS) is 15.4. The number of methoxy groups -OCH3 is 1. The van der Waals surface area contributed by atoms with Crippen molar-refractivity contribution in [3.05, 3.63) is 59.2 Å². The second kappa shape index (κ2) is 9.74. The molecule has 0 radical (unpaired) electrons. The second-order valence-electron chi connectivity index (χ2n) is 7.58. The van der Waals surface area contributed by atoms with Crippen LogP contribution in [0, 0.1) is 11.6 Å². The molecule has 1 heterocycles. The molecule has 2 aromatic rings. The molecule has 0 unspecified atom stereocenters. The molecule has 9 heteroatoms. The lowest BCUT2D eigenvalue weighted by atomic mass is 10.1. The van der Waals surface area contributed by atoms with Gasteiger partial charge in [0, 0.05) is 38.3 Å². The van der Waals surface area contributed by atoms with Gasteiger partial charge in [0.1, 0.15) is 17.4 Å². The highest BCUT2D eigenvalue weighted by molar-refractivity contribution is 7.89. The smallest absolute Gasteiger partial charge is 0.257 e. The molecule has 1 fully saturated rings. The van der Waals surface area contributed by atoms with Crippen LogP contribution in [0.5, 0.6) is 5.75 Å². The number of halogens is 2. The molecule has 0 atom stereocenters. The highest BCUT2D eigenvalue weighted by Gasteiger charge is 2.28. The number of benzene rings is 2. The molecule has 2 aromatic carbocycles. The van der Waals surface area contributed by atoms with Crippen LogP contribution in [-0.4, -0.2) is 50.8 Å². The molecule has 168 valence electrons. The van der Waals surface area contributed by atoms with Crippen molar-refractivity contribution in [2.45, 2.75) is 37.1 Å². The van der Waals surface area contributed by atoms with Crippen LogP contribution < -0.4 is 4.74 Å². The molecule has 1 saturated heterocycles. The van der Waals surface area contributed by atoms with Crippen molar-refractivity contribution in [3.8, 4) is 5.75 Å². The van der Waals surface area contributed by atoms with Gasteiger partial charge in [0.25, 0.3) is 5.91 Å². The monoisotopic (exact) mass is 452 g/mol. The van der Waals surface area contributed by atoms with E-state index >= 15 is 0 Å². The van der Waals surface area contributed by atoms with Crippen molar-refractivity contribution in [1.29, 1.82) is 0 Å². The third kappa shape index (κ3) is 5.22. The largest absolute Gasteiger partial charge is 0.496 e. The molecule has 3 rings (SSSR count). The average molecular weight is 453 g/mol. The molecule has 1 aliphatic rings. The van der Waals surface area contributed by atoms with E-state index in [-0.39, 0.29) is 28.3 Å². The summed E-state index contributed by atoms with van der Waals surface area (Å²) in [5, 5.41) is 0. The first-order valence-corrected chi connectivity index (χ1v) is 11.6. The quantitative estimate of drug-likeness (QED) is 0.669. The van der Waals surface area contributed by atoms with Gasteiger partial charge in [-0.3, -0.25) is 4.79 Å². The lowest BCUT2D eigenvalue weighted by Gasteiger charge is -2.22. The molecule has 6 nitrogen and oxygen atoms in total. The molecule has 0 spiro atoms. The zero-order chi connectivity index (χ0) is 22.6. The highest BCUT2D eigenvalue weighted by Crippen LogP contribution is 2.27. The first-order chi connectivity index (χ1) is 14.7. The first-order valence-electron chi connectivity index (χ1n) is 10.1. The number of ether oxygens (including phenoxy) is 1. The molecule has 0 bridgehead atoms. The van der Waals surface area contributed by atoms with E-state index < -0.39 is 27.6 Å². The zero-order valence-corrected chi connectivity index (χ0v) is 18.4. The number of carbonyl (C=O) groups excluding carboxylic acids is 1. The van der Waals surface area contributed by atoms with Crippen molar-refractivity contribution in [2.75, 3.05) is 27.2 Å². The van der Waals surface area contributed by atoms with Crippen LogP contribution >= 0.6 is 0 Å². The van der Waals surface area contributed by atoms with Crippen molar-refractivity contribution >= 4 is 15.9 Å². The summed E-state index contributed by atoms with van der Waals surface area (Å²) in [6.07, 6.45) is 3.58. The Labute approximate surface area is 181 Å². The van der Waals surface area contributed by atoms with Gasteiger partial charge >= 0.3 is 0 Å². The number of rotatable bonds is 6. The fourth-order valence-electron chi connectivity index (χ4n) is 3.63. The summed E-state index contributed by atoms with van der Waals surface area (Å²) in [6, 6.07) is 7.32. The lowest BCUT2D eigenvalue weighted by molar-refractivity contribution is 0.0780. The topological polar surface area (TPSA) is 66.9 Å². The maximum atomic E-state index is 14.0. The molecule has 0 saturated carbocycles. The fraction of sp³-hybridized carbons (Fsp3) is 0.409. The third-order valence-electron chi connectivity index (χ3n) is 5.37. The number of carbonyl (C=O) groups is 1. The molecular weight excluding hydrogens is 426 g/mol. The van der Waals surface area contributed by atoms with Gasteiger partial charge < -0.3 is 9.64 Å². The molecule has 0 aliphatic carbocycles. The van der Waals surface area contributed by atoms with Crippen LogP contribution in [0.15, 0.2) is 41.3 Å². The van der Waals surface area contributed by atoms with Gasteiger partial charge in [-0.2, -0.15) is 4.31 Å². The Morgan fingerprint density at radius 1 is 1.06 bits per heavy atom. The maximum absolute atomic E-state index is 14.0. The molecule has 1 aliphatic heterocycles. The Morgan fingerprint density at radius 3 is 2.35 bits per heavy atom. The summed E-state index contributed by atoms with van der Waals surface area (Å²) in [5.41, 5.74) is 0.202. The predicted octanol–water partition coefficient (Wildman–Crippen LogP) is 3.81. The van der Waals surface area contributed by atoms with Crippen LogP contribution in [0.25, 0.3) is 0 Å². The minimum absolute atomic E-state index is 0.0138. The standard InChI is InChI=1S/C22H26F2N2O4S/c1-25(15-16-7-8-17(23)13-20(16)24)22(27)19-14-18(9-10-21(19)30-2)31(28,29)26-11-5-3-4-6-12-26/h7-10,13-14H,3-6,11-12,15H2,1-2H3. The van der Waals surface area contributed by atoms with Crippen LogP contribution in [0.3, 0.4) is 0 Å². The van der Waals surface area contributed by atoms with E-state index in [9.17, 15) is 22.0 Å². The molecular formula is C22H26F2N2O4S. The van der Waals surface area contributed by atoms with Crippen molar-refractivity contribution in [3.63, 3.8) is 0 Å². The Kier molecular flexibility index (Phi) is 7.27. The van der Waals surface area contributed by atoms with E-state index in [2.05, 4.69) is 0 Å². The number of hydrogen-bond donors (Lipinski definition) is 0. The molecule has 0 aromatic heterocycles. The van der Waals surface area contributed by atoms with Gasteiger partial charge in [-0.25, -0.2) is 17.2 Å². The average Bonchev–Trinajstić information content (AvgIpc) is 3.05. The predicted molar refractivity (Wildman–Crippen MR) is 112 cm³/mol. The van der Waals surface area contributed by atoms with E-state index in [1.165, 1.54) is 47.6 Å². The van der Waals surface area contributed by atoms with Crippen LogP contribution in [0.4, 0.5) is 8.78 Å². The Hall–Kier alpha value is -2.52. The van der Waals surface area contributed by atoms with E-state index in [1.54, 1.807) is 0 Å². The van der Waals surface area contributed by atoms with E-state index in [0.717, 1.165) is 37.8 Å². The minimum atomic E-state index is -3.76. The van der Waals surface area contributed by atoms with Gasteiger partial charge in [-0.15, -0.1) is 0 Å². The summed E-state index contributed by atoms with van der Waals surface area (Å²) < 4.78 is 60.1. The van der Waals surface area contributed by atoms with Gasteiger partial charge in [-0.05, 0) is 37.1 Å². The summed E-state index contributed by atoms with van der Waals surface area (Å²) in [4.78, 5) is 14.3. The van der Waals surface area contributed by atoms with E-state index in [0.29, 0.717) is 13.1 Å². The van der Waals surface area contributed by atoms with Gasteiger partial charge in [0.2, 0.25) is 10.0 Å². The summed E-state index contributed by atoms with van der Waals surface area (Å²) in [5.74, 6) is -1.79. The maximum Gasteiger partial charge on any atom is 0.257 e. The Balaban J connectivity index is 1.89. The molecule has 1 amide bonds. The van der Waals surface area contributed by atoms with Gasteiger partial charge in [0.05, 0.1) is 17.6 Å². The summed E-state index contributed by atoms with van der Waals surface area (Å²) in [7, 11) is -0.915. The zero-order valence-electron chi connectivity index (χ0n) is 17.6. The lowest BCUT2D eigenvalue weighted by Crippen LogP contribution is -2.32. The Morgan fingerprint density at radius 2 is 1.74 bits per heavy atom. The van der Waals surface area contributed by atoms with Crippen molar-refractivity contribution in [2.24, 2.45) is 0 Å². The van der Waals surface area contributed by atoms with Gasteiger partial charge in [-0.1, -0.05) is 18.9 Å². The number of sulfonamides is 1. The third-order valence-corrected chi connectivity index (χ3v) is 7.27. The minimum Gasteiger partial charge on any atom is -0.496 e. The summed E-state index contributed by atoms with van der Waals surface area (Å²) in [6.45, 7) is 0.778. The SMILES string of the molecule is COc1ccc(S(=O)(=O)N2CCCCCC2)cc1C(=O)N(C)Cc1ccc(F)cc1F. The molecule has 31 heavy (non-hydrogen) atoms. The van der Waals surface area contributed by atoms with Gasteiger partial charge in [0.15, 0.2) is 0 Å². The van der Waals surface area contributed by atoms with E-state index in [4.69, 9.17) is 4.74 Å². The van der Waals surface area contributed by atoms with Crippen LogP contribution in [0.1, 0.15) is 41.6 Å². The second-order valence-corrected chi connectivity index (χ2v) is 9.52. The van der Waals surface area contributed by atoms with E-state index in [1.807, 2.05) is 0 Å². The van der Waals surface area contributed by atoms with Crippen LogP contribution in [-0.2, 0) is 16.6 Å². The highest BCUT2D eigenvalue weighted by atomic mass is 32.2. The van der Waals surface area contributed by atoms with Crippen molar-refractivity contribution < 1.29 is 26.7 Å². The number of hydrogen-bond acceptors (Lipinski definition) is 4. The van der Waals surface area contributed by atoms with Crippen LogP contribution in [0.2, 0.25) is 0 Å². The number of amides is 1. The van der Waals surface area contributed by atoms with Crippen molar-refractivity contribution in [1.82, 2.24) is 9.21 Å². The summed E-state index contributed by atoms with van der Waals surface area (Å²) >= 11 is 0. The first kappa shape index (κ1) is 23.1. The molecule has 0 N–H and O–H groups in total. The number of nitrogens with zero attached hydrogens (tertiary/aromatic N) is 2. The Bertz CT molecular complexity index is 1050. The fourth-order valence-corrected chi connectivity index (χ4v) is 5.17.